The first kappa shape index (κ1) is 16.1. The Morgan fingerprint density at radius 1 is 1.55 bits per heavy atom. The summed E-state index contributed by atoms with van der Waals surface area (Å²) in [6, 6.07) is 3.47. The number of benzene rings is 1. The summed E-state index contributed by atoms with van der Waals surface area (Å²) in [5.74, 6) is -0.0828. The molecule has 2 rings (SSSR count). The molecule has 1 aromatic carbocycles. The van der Waals surface area contributed by atoms with Crippen molar-refractivity contribution in [2.45, 2.75) is 19.8 Å². The van der Waals surface area contributed by atoms with E-state index in [1.165, 1.54) is 17.9 Å². The average Bonchev–Trinajstić information content (AvgIpc) is 2.39. The Balaban J connectivity index is 2.56. The van der Waals surface area contributed by atoms with E-state index in [0.717, 1.165) is 0 Å². The molecule has 0 radical (unpaired) electrons. The van der Waals surface area contributed by atoms with E-state index in [2.05, 4.69) is 0 Å². The van der Waals surface area contributed by atoms with Gasteiger partial charge in [0.05, 0.1) is 22.8 Å². The molecule has 1 amide bonds. The molecule has 1 aliphatic rings. The van der Waals surface area contributed by atoms with Gasteiger partial charge in [-0.3, -0.25) is 4.79 Å². The summed E-state index contributed by atoms with van der Waals surface area (Å²) < 4.78 is 5.58. The zero-order valence-electron chi connectivity index (χ0n) is 12.2. The molecule has 116 valence electrons. The zero-order chi connectivity index (χ0) is 16.4. The van der Waals surface area contributed by atoms with Gasteiger partial charge in [-0.2, -0.15) is 5.26 Å². The molecule has 1 aliphatic heterocycles. The summed E-state index contributed by atoms with van der Waals surface area (Å²) in [5.41, 5.74) is 1.08. The Labute approximate surface area is 132 Å². The first-order valence-electron chi connectivity index (χ1n) is 6.78. The van der Waals surface area contributed by atoms with Gasteiger partial charge in [-0.1, -0.05) is 11.6 Å². The second kappa shape index (κ2) is 6.24. The van der Waals surface area contributed by atoms with Gasteiger partial charge in [-0.05, 0) is 19.9 Å². The van der Waals surface area contributed by atoms with Gasteiger partial charge in [0.15, 0.2) is 5.78 Å². The van der Waals surface area contributed by atoms with Gasteiger partial charge in [-0.15, -0.1) is 0 Å². The average molecular weight is 323 g/mol. The van der Waals surface area contributed by atoms with Crippen LogP contribution in [-0.4, -0.2) is 41.6 Å². The van der Waals surface area contributed by atoms with Gasteiger partial charge in [0.1, 0.15) is 11.8 Å². The minimum absolute atomic E-state index is 0.180. The van der Waals surface area contributed by atoms with Gasteiger partial charge in [0.2, 0.25) is 0 Å². The van der Waals surface area contributed by atoms with Crippen molar-refractivity contribution in [3.63, 3.8) is 0 Å². The number of carboxylic acid groups (broad SMARTS) is 1. The third kappa shape index (κ3) is 2.72. The monoisotopic (exact) mass is 322 g/mol. The fraction of sp³-hybridized carbons (Fsp3) is 0.400. The molecule has 0 atom stereocenters. The van der Waals surface area contributed by atoms with Crippen LogP contribution in [0.1, 0.15) is 41.3 Å². The first-order valence-corrected chi connectivity index (χ1v) is 7.16. The van der Waals surface area contributed by atoms with Crippen LogP contribution in [-0.2, 0) is 0 Å². The number of nitrogens with zero attached hydrogens (tertiary/aromatic N) is 2. The third-order valence-corrected chi connectivity index (χ3v) is 3.91. The van der Waals surface area contributed by atoms with Crippen LogP contribution in [0, 0.1) is 11.3 Å². The van der Waals surface area contributed by atoms with E-state index in [-0.39, 0.29) is 35.4 Å². The van der Waals surface area contributed by atoms with Crippen LogP contribution in [0.3, 0.4) is 0 Å². The zero-order valence-corrected chi connectivity index (χ0v) is 13.0. The van der Waals surface area contributed by atoms with E-state index in [4.69, 9.17) is 21.4 Å². The van der Waals surface area contributed by atoms with E-state index in [0.29, 0.717) is 23.5 Å². The number of ketones is 1. The van der Waals surface area contributed by atoms with Crippen LogP contribution < -0.4 is 4.74 Å². The molecule has 1 fully saturated rings. The second-order valence-electron chi connectivity index (χ2n) is 5.01. The number of carbonyl (C=O) groups excluding carboxylic acids is 1. The largest absolute Gasteiger partial charge is 0.493 e. The number of hydrogen-bond acceptors (Lipinski definition) is 4. The summed E-state index contributed by atoms with van der Waals surface area (Å²) >= 11 is 6.11. The number of hydrogen-bond donors (Lipinski definition) is 1. The molecule has 1 N–H and O–H groups in total. The van der Waals surface area contributed by atoms with Gasteiger partial charge in [-0.25, -0.2) is 4.79 Å². The Hall–Kier alpha value is -2.26. The van der Waals surface area contributed by atoms with Crippen molar-refractivity contribution in [3.05, 3.63) is 27.8 Å². The fourth-order valence-corrected chi connectivity index (χ4v) is 2.79. The molecule has 7 heteroatoms. The lowest BCUT2D eigenvalue weighted by Crippen LogP contribution is -2.48. The van der Waals surface area contributed by atoms with Crippen LogP contribution in [0.5, 0.6) is 5.75 Å². The molecule has 6 nitrogen and oxygen atoms in total. The second-order valence-corrected chi connectivity index (χ2v) is 5.42. The van der Waals surface area contributed by atoms with E-state index < -0.39 is 6.09 Å². The molecular weight excluding hydrogens is 308 g/mol. The van der Waals surface area contributed by atoms with Crippen LogP contribution in [0.4, 0.5) is 4.79 Å². The number of nitriles is 1. The maximum Gasteiger partial charge on any atom is 0.407 e. The minimum atomic E-state index is -1.01. The highest BCUT2D eigenvalue weighted by atomic mass is 35.5. The summed E-state index contributed by atoms with van der Waals surface area (Å²) in [5, 5.41) is 18.5. The van der Waals surface area contributed by atoms with Gasteiger partial charge < -0.3 is 14.7 Å². The number of carbonyl (C=O) groups is 2. The van der Waals surface area contributed by atoms with E-state index >= 15 is 0 Å². The Kier molecular flexibility index (Phi) is 4.57. The summed E-state index contributed by atoms with van der Waals surface area (Å²) in [6.07, 6.45) is -1.01. The van der Waals surface area contributed by atoms with Crippen molar-refractivity contribution < 1.29 is 19.4 Å². The lowest BCUT2D eigenvalue weighted by Gasteiger charge is -2.38. The molecule has 0 aliphatic carbocycles. The maximum absolute atomic E-state index is 11.8. The highest BCUT2D eigenvalue weighted by molar-refractivity contribution is 6.32. The van der Waals surface area contributed by atoms with Crippen LogP contribution >= 0.6 is 11.6 Å². The molecule has 0 aromatic heterocycles. The Bertz CT molecular complexity index is 675. The predicted molar refractivity (Wildman–Crippen MR) is 79.7 cm³/mol. The smallest absolute Gasteiger partial charge is 0.407 e. The van der Waals surface area contributed by atoms with Crippen molar-refractivity contribution in [2.24, 2.45) is 0 Å². The van der Waals surface area contributed by atoms with Gasteiger partial charge in [0.25, 0.3) is 0 Å². The van der Waals surface area contributed by atoms with Crippen LogP contribution in [0.15, 0.2) is 6.07 Å². The van der Waals surface area contributed by atoms with Gasteiger partial charge in [0, 0.05) is 24.6 Å². The molecule has 0 bridgehead atoms. The quantitative estimate of drug-likeness (QED) is 0.861. The fourth-order valence-electron chi connectivity index (χ4n) is 2.53. The number of Topliss-reactive ketones (excluding diaryl/α,β-unsaturated/α-hetero) is 1. The highest BCUT2D eigenvalue weighted by Gasteiger charge is 2.37. The van der Waals surface area contributed by atoms with Crippen molar-refractivity contribution in [1.82, 2.24) is 4.90 Å². The molecule has 1 saturated heterocycles. The molecule has 1 heterocycles. The van der Waals surface area contributed by atoms with Crippen molar-refractivity contribution in [3.8, 4) is 11.8 Å². The first-order chi connectivity index (χ1) is 10.4. The third-order valence-electron chi connectivity index (χ3n) is 3.61. The Morgan fingerprint density at radius 2 is 2.18 bits per heavy atom. The SMILES string of the molecule is CCOc1c(C(C)=O)cc(Cl)c(C#N)c1C1CN(C(=O)O)C1. The molecule has 22 heavy (non-hydrogen) atoms. The standard InChI is InChI=1S/C15H15ClN2O4/c1-3-22-14-10(8(2)19)4-12(16)11(5-17)13(14)9-6-18(7-9)15(20)21/h4,9H,3,6-7H2,1-2H3,(H,20,21). The van der Waals surface area contributed by atoms with Crippen molar-refractivity contribution in [1.29, 1.82) is 5.26 Å². The van der Waals surface area contributed by atoms with Crippen LogP contribution in [0.25, 0.3) is 0 Å². The van der Waals surface area contributed by atoms with Crippen molar-refractivity contribution >= 4 is 23.5 Å². The molecule has 1 aromatic rings. The summed E-state index contributed by atoms with van der Waals surface area (Å²) in [4.78, 5) is 24.0. The number of halogens is 1. The summed E-state index contributed by atoms with van der Waals surface area (Å²) in [7, 11) is 0. The van der Waals surface area contributed by atoms with Crippen LogP contribution in [0.2, 0.25) is 5.02 Å². The maximum atomic E-state index is 11.8. The minimum Gasteiger partial charge on any atom is -0.493 e. The molecule has 0 saturated carbocycles. The Morgan fingerprint density at radius 3 is 2.64 bits per heavy atom. The molecule has 0 unspecified atom stereocenters. The molecule has 0 spiro atoms. The number of likely N-dealkylation sites (tertiary alicyclic amines) is 1. The normalized spacial score (nSPS) is 14.2. The van der Waals surface area contributed by atoms with Crippen molar-refractivity contribution in [2.75, 3.05) is 19.7 Å². The summed E-state index contributed by atoms with van der Waals surface area (Å²) in [6.45, 7) is 4.01. The number of rotatable bonds is 4. The number of ether oxygens (including phenoxy) is 1. The topological polar surface area (TPSA) is 90.6 Å². The van der Waals surface area contributed by atoms with Gasteiger partial charge >= 0.3 is 6.09 Å². The van der Waals surface area contributed by atoms with E-state index in [1.54, 1.807) is 6.92 Å². The molecular formula is C15H15ClN2O4. The lowest BCUT2D eigenvalue weighted by molar-refractivity contribution is 0.0997. The highest BCUT2D eigenvalue weighted by Crippen LogP contribution is 2.41. The van der Waals surface area contributed by atoms with E-state index in [9.17, 15) is 14.9 Å². The number of amides is 1. The van der Waals surface area contributed by atoms with E-state index in [1.807, 2.05) is 6.07 Å². The predicted octanol–water partition coefficient (Wildman–Crippen LogP) is 2.89. The lowest BCUT2D eigenvalue weighted by atomic mass is 9.85.